The van der Waals surface area contributed by atoms with Gasteiger partial charge < -0.3 is 15.5 Å². The number of amides is 1. The fourth-order valence-electron chi connectivity index (χ4n) is 3.31. The highest BCUT2D eigenvalue weighted by molar-refractivity contribution is 5.91. The molecule has 2 heterocycles. The molecule has 2 N–H and O–H groups in total. The molecule has 1 aliphatic rings. The summed E-state index contributed by atoms with van der Waals surface area (Å²) < 4.78 is 0. The molecule has 2 aromatic carbocycles. The van der Waals surface area contributed by atoms with E-state index in [4.69, 9.17) is 0 Å². The fourth-order valence-corrected chi connectivity index (χ4v) is 3.31. The second-order valence-electron chi connectivity index (χ2n) is 6.88. The zero-order chi connectivity index (χ0) is 19.2. The minimum Gasteiger partial charge on any atom is -0.372 e. The minimum atomic E-state index is -0.112. The average Bonchev–Trinajstić information content (AvgIpc) is 3.26. The lowest BCUT2D eigenvalue weighted by Crippen LogP contribution is -2.17. The average molecular weight is 373 g/mol. The standard InChI is InChI=1S/C22H23N5O/c28-22(16-17-6-2-1-3-7-17)24-21-13-12-20(25-26-21)23-18-8-10-19(11-9-18)27-14-4-5-15-27/h1-3,6-13H,4-5,14-16H2,(H,23,25)(H,24,26,28). The number of benzene rings is 2. The van der Waals surface area contributed by atoms with Gasteiger partial charge in [-0.3, -0.25) is 4.79 Å². The molecule has 6 heteroatoms. The molecule has 1 aromatic heterocycles. The van der Waals surface area contributed by atoms with Gasteiger partial charge in [-0.2, -0.15) is 0 Å². The lowest BCUT2D eigenvalue weighted by atomic mass is 10.1. The Morgan fingerprint density at radius 3 is 2.21 bits per heavy atom. The van der Waals surface area contributed by atoms with Crippen molar-refractivity contribution in [3.05, 3.63) is 72.3 Å². The van der Waals surface area contributed by atoms with Crippen molar-refractivity contribution < 1.29 is 4.79 Å². The lowest BCUT2D eigenvalue weighted by Gasteiger charge is -2.17. The number of carbonyl (C=O) groups is 1. The number of aromatic nitrogens is 2. The third kappa shape index (κ3) is 4.65. The third-order valence-corrected chi connectivity index (χ3v) is 4.75. The van der Waals surface area contributed by atoms with E-state index in [1.807, 2.05) is 42.5 Å². The Bertz CT molecular complexity index is 904. The van der Waals surface area contributed by atoms with Gasteiger partial charge in [0.2, 0.25) is 5.91 Å². The maximum Gasteiger partial charge on any atom is 0.229 e. The van der Waals surface area contributed by atoms with Crippen LogP contribution in [0.3, 0.4) is 0 Å². The topological polar surface area (TPSA) is 70.2 Å². The van der Waals surface area contributed by atoms with Crippen molar-refractivity contribution in [2.24, 2.45) is 0 Å². The third-order valence-electron chi connectivity index (χ3n) is 4.75. The maximum absolute atomic E-state index is 12.1. The van der Waals surface area contributed by atoms with Crippen LogP contribution in [0.1, 0.15) is 18.4 Å². The molecule has 0 bridgehead atoms. The van der Waals surface area contributed by atoms with Gasteiger partial charge in [-0.05, 0) is 54.8 Å². The van der Waals surface area contributed by atoms with E-state index in [-0.39, 0.29) is 5.91 Å². The molecule has 28 heavy (non-hydrogen) atoms. The Morgan fingerprint density at radius 2 is 1.54 bits per heavy atom. The van der Waals surface area contributed by atoms with Crippen molar-refractivity contribution in [3.63, 3.8) is 0 Å². The van der Waals surface area contributed by atoms with Gasteiger partial charge in [0.05, 0.1) is 6.42 Å². The summed E-state index contributed by atoms with van der Waals surface area (Å²) in [6, 6.07) is 21.5. The summed E-state index contributed by atoms with van der Waals surface area (Å²) in [5, 5.41) is 14.2. The van der Waals surface area contributed by atoms with Crippen LogP contribution < -0.4 is 15.5 Å². The van der Waals surface area contributed by atoms with Crippen LogP contribution in [0.2, 0.25) is 0 Å². The van der Waals surface area contributed by atoms with Crippen LogP contribution in [0.15, 0.2) is 66.7 Å². The van der Waals surface area contributed by atoms with E-state index < -0.39 is 0 Å². The summed E-state index contributed by atoms with van der Waals surface area (Å²) in [6.45, 7) is 2.27. The van der Waals surface area contributed by atoms with Crippen LogP contribution in [0.4, 0.5) is 23.0 Å². The molecule has 1 saturated heterocycles. The molecule has 0 unspecified atom stereocenters. The number of hydrogen-bond donors (Lipinski definition) is 2. The Labute approximate surface area is 164 Å². The summed E-state index contributed by atoms with van der Waals surface area (Å²) in [5.74, 6) is 0.963. The molecule has 1 amide bonds. The highest BCUT2D eigenvalue weighted by atomic mass is 16.1. The van der Waals surface area contributed by atoms with Crippen LogP contribution >= 0.6 is 0 Å². The van der Waals surface area contributed by atoms with Crippen molar-refractivity contribution in [2.75, 3.05) is 28.6 Å². The van der Waals surface area contributed by atoms with Crippen molar-refractivity contribution in [2.45, 2.75) is 19.3 Å². The quantitative estimate of drug-likeness (QED) is 0.683. The molecular weight excluding hydrogens is 350 g/mol. The molecule has 4 rings (SSSR count). The molecule has 0 spiro atoms. The molecule has 0 aliphatic carbocycles. The van der Waals surface area contributed by atoms with E-state index in [0.717, 1.165) is 24.3 Å². The number of rotatable bonds is 6. The first-order valence-electron chi connectivity index (χ1n) is 9.56. The van der Waals surface area contributed by atoms with Crippen LogP contribution in [-0.2, 0) is 11.2 Å². The molecule has 1 fully saturated rings. The maximum atomic E-state index is 12.1. The molecule has 0 atom stereocenters. The fraction of sp³-hybridized carbons (Fsp3) is 0.227. The summed E-state index contributed by atoms with van der Waals surface area (Å²) in [4.78, 5) is 14.5. The van der Waals surface area contributed by atoms with Gasteiger partial charge in [0, 0.05) is 24.5 Å². The summed E-state index contributed by atoms with van der Waals surface area (Å²) in [7, 11) is 0. The van der Waals surface area contributed by atoms with Gasteiger partial charge in [0.1, 0.15) is 0 Å². The SMILES string of the molecule is O=C(Cc1ccccc1)Nc1ccc(Nc2ccc(N3CCCC3)cc2)nn1. The number of nitrogens with one attached hydrogen (secondary N) is 2. The molecular formula is C22H23N5O. The largest absolute Gasteiger partial charge is 0.372 e. The second-order valence-corrected chi connectivity index (χ2v) is 6.88. The van der Waals surface area contributed by atoms with Crippen molar-refractivity contribution in [1.82, 2.24) is 10.2 Å². The van der Waals surface area contributed by atoms with E-state index in [9.17, 15) is 4.79 Å². The van der Waals surface area contributed by atoms with Gasteiger partial charge >= 0.3 is 0 Å². The van der Waals surface area contributed by atoms with Crippen LogP contribution in [0.5, 0.6) is 0 Å². The Morgan fingerprint density at radius 1 is 0.857 bits per heavy atom. The van der Waals surface area contributed by atoms with Crippen molar-refractivity contribution in [3.8, 4) is 0 Å². The highest BCUT2D eigenvalue weighted by Gasteiger charge is 2.12. The molecule has 3 aromatic rings. The first-order chi connectivity index (χ1) is 13.8. The van der Waals surface area contributed by atoms with Crippen molar-refractivity contribution in [1.29, 1.82) is 0 Å². The lowest BCUT2D eigenvalue weighted by molar-refractivity contribution is -0.115. The van der Waals surface area contributed by atoms with Gasteiger partial charge in [-0.1, -0.05) is 30.3 Å². The highest BCUT2D eigenvalue weighted by Crippen LogP contribution is 2.23. The summed E-state index contributed by atoms with van der Waals surface area (Å²) in [6.07, 6.45) is 2.85. The van der Waals surface area contributed by atoms with Crippen LogP contribution in [0, 0.1) is 0 Å². The van der Waals surface area contributed by atoms with E-state index in [1.165, 1.54) is 18.5 Å². The van der Waals surface area contributed by atoms with Crippen LogP contribution in [-0.4, -0.2) is 29.2 Å². The van der Waals surface area contributed by atoms with Gasteiger partial charge in [0.15, 0.2) is 11.6 Å². The van der Waals surface area contributed by atoms with Gasteiger partial charge in [0.25, 0.3) is 0 Å². The summed E-state index contributed by atoms with van der Waals surface area (Å²) in [5.41, 5.74) is 3.17. The molecule has 0 radical (unpaired) electrons. The molecule has 6 nitrogen and oxygen atoms in total. The number of nitrogens with zero attached hydrogens (tertiary/aromatic N) is 3. The Balaban J connectivity index is 1.32. The predicted octanol–water partition coefficient (Wildman–Crippen LogP) is 4.00. The van der Waals surface area contributed by atoms with E-state index in [2.05, 4.69) is 37.9 Å². The van der Waals surface area contributed by atoms with Gasteiger partial charge in [-0.15, -0.1) is 10.2 Å². The number of anilines is 4. The normalized spacial score (nSPS) is 13.4. The first-order valence-corrected chi connectivity index (χ1v) is 9.56. The second kappa shape index (κ2) is 8.52. The van der Waals surface area contributed by atoms with Crippen molar-refractivity contribution >= 4 is 28.9 Å². The zero-order valence-corrected chi connectivity index (χ0v) is 15.6. The zero-order valence-electron chi connectivity index (χ0n) is 15.6. The van der Waals surface area contributed by atoms with E-state index >= 15 is 0 Å². The molecule has 0 saturated carbocycles. The number of carbonyl (C=O) groups excluding carboxylic acids is 1. The van der Waals surface area contributed by atoms with Gasteiger partial charge in [-0.25, -0.2) is 0 Å². The van der Waals surface area contributed by atoms with E-state index in [0.29, 0.717) is 18.1 Å². The molecule has 142 valence electrons. The first kappa shape index (κ1) is 18.0. The Kier molecular flexibility index (Phi) is 5.47. The number of hydrogen-bond acceptors (Lipinski definition) is 5. The Hall–Kier alpha value is -3.41. The predicted molar refractivity (Wildman–Crippen MR) is 112 cm³/mol. The van der Waals surface area contributed by atoms with Crippen LogP contribution in [0.25, 0.3) is 0 Å². The summed E-state index contributed by atoms with van der Waals surface area (Å²) >= 11 is 0. The minimum absolute atomic E-state index is 0.112. The van der Waals surface area contributed by atoms with E-state index in [1.54, 1.807) is 12.1 Å². The monoisotopic (exact) mass is 373 g/mol. The molecule has 1 aliphatic heterocycles. The smallest absolute Gasteiger partial charge is 0.229 e.